The maximum absolute atomic E-state index is 5.89. The Labute approximate surface area is 175 Å². The molecule has 0 saturated carbocycles. The van der Waals surface area contributed by atoms with E-state index in [2.05, 4.69) is 25.6 Å². The van der Waals surface area contributed by atoms with Crippen molar-refractivity contribution in [3.05, 3.63) is 60.4 Å². The first-order valence-electron chi connectivity index (χ1n) is 9.11. The highest BCUT2D eigenvalue weighted by atomic mass is 32.2. The lowest BCUT2D eigenvalue weighted by Crippen LogP contribution is -1.94. The number of hydrogen-bond acceptors (Lipinski definition) is 9. The van der Waals surface area contributed by atoms with Crippen LogP contribution in [-0.2, 0) is 12.8 Å². The number of nitrogens with zero attached hydrogens (tertiary/aromatic N) is 6. The third kappa shape index (κ3) is 3.30. The van der Waals surface area contributed by atoms with Crippen LogP contribution < -0.4 is 0 Å². The molecule has 0 aliphatic rings. The van der Waals surface area contributed by atoms with Crippen LogP contribution in [0.5, 0.6) is 0 Å². The number of thioether (sulfide) groups is 1. The Bertz CT molecular complexity index is 1270. The summed E-state index contributed by atoms with van der Waals surface area (Å²) in [7, 11) is 1.88. The Morgan fingerprint density at radius 1 is 1.00 bits per heavy atom. The minimum absolute atomic E-state index is 0.373. The van der Waals surface area contributed by atoms with Crippen molar-refractivity contribution in [3.8, 4) is 34.3 Å². The highest BCUT2D eigenvalue weighted by Crippen LogP contribution is 2.34. The molecule has 0 N–H and O–H groups in total. The molecule has 150 valence electrons. The lowest BCUT2D eigenvalue weighted by Gasteiger charge is -2.00. The largest absolute Gasteiger partial charge is 0.461 e. The highest BCUT2D eigenvalue weighted by molar-refractivity contribution is 7.98. The molecule has 0 spiro atoms. The van der Waals surface area contributed by atoms with E-state index in [-0.39, 0.29) is 0 Å². The van der Waals surface area contributed by atoms with Crippen molar-refractivity contribution in [3.63, 3.8) is 0 Å². The fourth-order valence-corrected chi connectivity index (χ4v) is 3.77. The van der Waals surface area contributed by atoms with Gasteiger partial charge in [-0.15, -0.1) is 20.4 Å². The summed E-state index contributed by atoms with van der Waals surface area (Å²) in [4.78, 5) is 0. The van der Waals surface area contributed by atoms with E-state index < -0.39 is 0 Å². The number of aromatic nitrogens is 6. The SMILES string of the molecule is Cc1onc(-c2ccccc2)c1-c1nnc(CSc2nnc(-c3ccco3)n2C)o1. The van der Waals surface area contributed by atoms with Gasteiger partial charge in [-0.1, -0.05) is 47.3 Å². The van der Waals surface area contributed by atoms with Gasteiger partial charge in [0.05, 0.1) is 12.0 Å². The normalized spacial score (nSPS) is 11.3. The molecule has 0 radical (unpaired) electrons. The number of benzene rings is 1. The van der Waals surface area contributed by atoms with Gasteiger partial charge in [-0.25, -0.2) is 0 Å². The standard InChI is InChI=1S/C20H16N6O3S/c1-12-16(17(25-29-12)13-7-4-3-5-8-13)19-23-21-15(28-19)11-30-20-24-22-18(26(20)2)14-9-6-10-27-14/h3-10H,11H2,1-2H3. The second-order valence-electron chi connectivity index (χ2n) is 6.46. The Kier molecular flexibility index (Phi) is 4.68. The Hall–Kier alpha value is -3.66. The van der Waals surface area contributed by atoms with E-state index in [0.717, 1.165) is 5.56 Å². The molecule has 5 rings (SSSR count). The molecule has 0 aliphatic carbocycles. The van der Waals surface area contributed by atoms with Gasteiger partial charge in [0.2, 0.25) is 5.89 Å². The van der Waals surface area contributed by atoms with Crippen LogP contribution in [0.25, 0.3) is 34.3 Å². The van der Waals surface area contributed by atoms with Crippen LogP contribution in [0.3, 0.4) is 0 Å². The van der Waals surface area contributed by atoms with Gasteiger partial charge in [0.25, 0.3) is 5.89 Å². The predicted molar refractivity (Wildman–Crippen MR) is 108 cm³/mol. The Morgan fingerprint density at radius 3 is 2.67 bits per heavy atom. The van der Waals surface area contributed by atoms with Gasteiger partial charge >= 0.3 is 0 Å². The molecule has 0 fully saturated rings. The number of aryl methyl sites for hydroxylation is 1. The van der Waals surface area contributed by atoms with E-state index in [9.17, 15) is 0 Å². The van der Waals surface area contributed by atoms with E-state index in [1.807, 2.05) is 61.0 Å². The maximum atomic E-state index is 5.89. The zero-order valence-corrected chi connectivity index (χ0v) is 17.0. The molecule has 0 bridgehead atoms. The molecule has 9 nitrogen and oxygen atoms in total. The van der Waals surface area contributed by atoms with Crippen molar-refractivity contribution in [1.29, 1.82) is 0 Å². The summed E-state index contributed by atoms with van der Waals surface area (Å²) in [6.07, 6.45) is 1.60. The van der Waals surface area contributed by atoms with Gasteiger partial charge in [0.1, 0.15) is 17.0 Å². The van der Waals surface area contributed by atoms with Crippen LogP contribution in [0, 0.1) is 6.92 Å². The first kappa shape index (κ1) is 18.4. The van der Waals surface area contributed by atoms with E-state index in [0.29, 0.717) is 51.3 Å². The second-order valence-corrected chi connectivity index (χ2v) is 7.40. The zero-order chi connectivity index (χ0) is 20.5. The average Bonchev–Trinajstić information content (AvgIpc) is 3.55. The van der Waals surface area contributed by atoms with Gasteiger partial charge in [-0.2, -0.15) is 0 Å². The van der Waals surface area contributed by atoms with Crippen molar-refractivity contribution in [2.75, 3.05) is 0 Å². The summed E-state index contributed by atoms with van der Waals surface area (Å²) in [6, 6.07) is 13.4. The lowest BCUT2D eigenvalue weighted by molar-refractivity contribution is 0.399. The van der Waals surface area contributed by atoms with Crippen molar-refractivity contribution >= 4 is 11.8 Å². The molecule has 1 aromatic carbocycles. The third-order valence-electron chi connectivity index (χ3n) is 4.49. The molecule has 30 heavy (non-hydrogen) atoms. The van der Waals surface area contributed by atoms with Crippen molar-refractivity contribution in [1.82, 2.24) is 30.1 Å². The van der Waals surface area contributed by atoms with E-state index in [4.69, 9.17) is 13.4 Å². The van der Waals surface area contributed by atoms with Crippen molar-refractivity contribution in [2.24, 2.45) is 7.05 Å². The summed E-state index contributed by atoms with van der Waals surface area (Å²) >= 11 is 1.45. The van der Waals surface area contributed by atoms with Crippen LogP contribution in [0.1, 0.15) is 11.7 Å². The monoisotopic (exact) mass is 420 g/mol. The Morgan fingerprint density at radius 2 is 1.87 bits per heavy atom. The molecule has 5 aromatic rings. The summed E-state index contributed by atoms with van der Waals surface area (Å²) in [5.74, 6) is 3.22. The lowest BCUT2D eigenvalue weighted by atomic mass is 10.1. The summed E-state index contributed by atoms with van der Waals surface area (Å²) < 4.78 is 18.5. The highest BCUT2D eigenvalue weighted by Gasteiger charge is 2.22. The van der Waals surface area contributed by atoms with E-state index in [1.165, 1.54) is 11.8 Å². The predicted octanol–water partition coefficient (Wildman–Crippen LogP) is 4.38. The molecule has 4 aromatic heterocycles. The fourth-order valence-electron chi connectivity index (χ4n) is 3.02. The average molecular weight is 420 g/mol. The number of furan rings is 1. The summed E-state index contributed by atoms with van der Waals surface area (Å²) in [5, 5.41) is 21.6. The molecular weight excluding hydrogens is 404 g/mol. The van der Waals surface area contributed by atoms with Gasteiger partial charge < -0.3 is 17.9 Å². The molecule has 0 aliphatic heterocycles. The van der Waals surface area contributed by atoms with Crippen LogP contribution in [0.15, 0.2) is 67.2 Å². The first-order valence-corrected chi connectivity index (χ1v) is 10.1. The quantitative estimate of drug-likeness (QED) is 0.370. The molecule has 10 heteroatoms. The zero-order valence-electron chi connectivity index (χ0n) is 16.1. The van der Waals surface area contributed by atoms with Gasteiger partial charge in [-0.05, 0) is 19.1 Å². The van der Waals surface area contributed by atoms with Crippen molar-refractivity contribution < 1.29 is 13.4 Å². The molecule has 0 atom stereocenters. The Balaban J connectivity index is 1.36. The van der Waals surface area contributed by atoms with Gasteiger partial charge in [-0.3, -0.25) is 0 Å². The summed E-state index contributed by atoms with van der Waals surface area (Å²) in [5.41, 5.74) is 2.29. The van der Waals surface area contributed by atoms with Crippen LogP contribution in [0.4, 0.5) is 0 Å². The number of rotatable bonds is 6. The van der Waals surface area contributed by atoms with Gasteiger partial charge in [0, 0.05) is 12.6 Å². The molecule has 4 heterocycles. The topological polar surface area (TPSA) is 109 Å². The smallest absolute Gasteiger partial charge is 0.253 e. The maximum Gasteiger partial charge on any atom is 0.253 e. The molecule has 0 saturated heterocycles. The molecule has 0 amide bonds. The fraction of sp³-hybridized carbons (Fsp3) is 0.150. The van der Waals surface area contributed by atoms with Crippen LogP contribution in [0.2, 0.25) is 0 Å². The van der Waals surface area contributed by atoms with E-state index >= 15 is 0 Å². The number of hydrogen-bond donors (Lipinski definition) is 0. The molecular formula is C20H16N6O3S. The first-order chi connectivity index (χ1) is 14.7. The molecule has 0 unspecified atom stereocenters. The van der Waals surface area contributed by atoms with Gasteiger partial charge in [0.15, 0.2) is 16.7 Å². The van der Waals surface area contributed by atoms with E-state index in [1.54, 1.807) is 6.26 Å². The van der Waals surface area contributed by atoms with Crippen LogP contribution in [-0.4, -0.2) is 30.1 Å². The van der Waals surface area contributed by atoms with Crippen LogP contribution >= 0.6 is 11.8 Å². The summed E-state index contributed by atoms with van der Waals surface area (Å²) in [6.45, 7) is 1.82. The minimum Gasteiger partial charge on any atom is -0.461 e. The second kappa shape index (κ2) is 7.64. The minimum atomic E-state index is 0.373. The third-order valence-corrected chi connectivity index (χ3v) is 5.50. The van der Waals surface area contributed by atoms with Crippen molar-refractivity contribution in [2.45, 2.75) is 17.8 Å².